The third-order valence-electron chi connectivity index (χ3n) is 5.46. The second-order valence-corrected chi connectivity index (χ2v) is 8.11. The summed E-state index contributed by atoms with van der Waals surface area (Å²) in [6.45, 7) is 7.26. The van der Waals surface area contributed by atoms with Crippen LogP contribution in [-0.2, 0) is 24.1 Å². The van der Waals surface area contributed by atoms with Crippen molar-refractivity contribution in [2.75, 3.05) is 37.7 Å². The maximum atomic E-state index is 13.2. The van der Waals surface area contributed by atoms with Gasteiger partial charge in [0.15, 0.2) is 0 Å². The van der Waals surface area contributed by atoms with E-state index >= 15 is 0 Å². The fourth-order valence-corrected chi connectivity index (χ4v) is 5.30. The summed E-state index contributed by atoms with van der Waals surface area (Å²) in [5.41, 5.74) is 1.32. The number of hydrogen-bond donors (Lipinski definition) is 0. The van der Waals surface area contributed by atoms with E-state index in [4.69, 9.17) is 9.72 Å². The average Bonchev–Trinajstić information content (AvgIpc) is 3.07. The number of aryl methyl sites for hydroxylation is 2. The van der Waals surface area contributed by atoms with Crippen molar-refractivity contribution in [1.29, 1.82) is 0 Å². The van der Waals surface area contributed by atoms with Gasteiger partial charge in [0.2, 0.25) is 5.95 Å². The summed E-state index contributed by atoms with van der Waals surface area (Å²) >= 11 is 1.69. The molecule has 8 heteroatoms. The molecule has 3 heterocycles. The highest BCUT2D eigenvalue weighted by molar-refractivity contribution is 7.18. The Morgan fingerprint density at radius 3 is 2.59 bits per heavy atom. The number of carbonyl (C=O) groups is 1. The summed E-state index contributed by atoms with van der Waals surface area (Å²) < 4.78 is 6.89. The normalized spacial score (nSPS) is 17.3. The van der Waals surface area contributed by atoms with E-state index in [1.807, 2.05) is 13.8 Å². The van der Waals surface area contributed by atoms with Gasteiger partial charge in [-0.25, -0.2) is 9.78 Å². The van der Waals surface area contributed by atoms with Crippen LogP contribution in [0.2, 0.25) is 0 Å². The van der Waals surface area contributed by atoms with Crippen molar-refractivity contribution < 1.29 is 9.53 Å². The quantitative estimate of drug-likeness (QED) is 0.806. The van der Waals surface area contributed by atoms with Crippen molar-refractivity contribution in [2.45, 2.75) is 46.1 Å². The van der Waals surface area contributed by atoms with Crippen LogP contribution < -0.4 is 10.5 Å². The summed E-state index contributed by atoms with van der Waals surface area (Å²) in [6, 6.07) is 0. The predicted molar refractivity (Wildman–Crippen MR) is 107 cm³/mol. The molecule has 0 unspecified atom stereocenters. The van der Waals surface area contributed by atoms with E-state index in [-0.39, 0.29) is 11.7 Å². The number of hydrogen-bond acceptors (Lipinski definition) is 6. The van der Waals surface area contributed by atoms with E-state index in [0.717, 1.165) is 35.4 Å². The van der Waals surface area contributed by atoms with Gasteiger partial charge in [0, 0.05) is 37.6 Å². The van der Waals surface area contributed by atoms with Crippen LogP contribution >= 0.6 is 11.3 Å². The monoisotopic (exact) mass is 390 g/mol. The molecule has 27 heavy (non-hydrogen) atoms. The molecule has 146 valence electrons. The molecule has 2 aromatic heterocycles. The van der Waals surface area contributed by atoms with Gasteiger partial charge in [0.25, 0.3) is 5.56 Å². The molecule has 4 rings (SSSR count). The molecule has 1 amide bonds. The van der Waals surface area contributed by atoms with Crippen molar-refractivity contribution in [3.8, 4) is 0 Å². The molecule has 7 nitrogen and oxygen atoms in total. The lowest BCUT2D eigenvalue weighted by Gasteiger charge is -2.35. The number of piperazine rings is 1. The first-order valence-electron chi connectivity index (χ1n) is 9.85. The van der Waals surface area contributed by atoms with Crippen molar-refractivity contribution in [1.82, 2.24) is 14.5 Å². The molecule has 1 saturated heterocycles. The number of fused-ring (bicyclic) bond motifs is 3. The average molecular weight is 391 g/mol. The zero-order valence-corrected chi connectivity index (χ0v) is 16.8. The van der Waals surface area contributed by atoms with Gasteiger partial charge >= 0.3 is 6.09 Å². The molecule has 1 fully saturated rings. The fraction of sp³-hybridized carbons (Fsp3) is 0.632. The highest BCUT2D eigenvalue weighted by Crippen LogP contribution is 2.34. The minimum Gasteiger partial charge on any atom is -0.450 e. The lowest BCUT2D eigenvalue weighted by Crippen LogP contribution is -2.50. The zero-order valence-electron chi connectivity index (χ0n) is 16.0. The number of amides is 1. The van der Waals surface area contributed by atoms with E-state index in [0.29, 0.717) is 39.3 Å². The molecule has 0 radical (unpaired) electrons. The Bertz CT molecular complexity index is 912. The Balaban J connectivity index is 1.66. The van der Waals surface area contributed by atoms with Crippen LogP contribution in [0.25, 0.3) is 10.2 Å². The lowest BCUT2D eigenvalue weighted by atomic mass is 9.97. The number of aromatic nitrogens is 2. The Morgan fingerprint density at radius 1 is 1.15 bits per heavy atom. The summed E-state index contributed by atoms with van der Waals surface area (Å²) in [6.07, 6.45) is 4.15. The largest absolute Gasteiger partial charge is 0.450 e. The molecule has 2 aliphatic rings. The van der Waals surface area contributed by atoms with Crippen LogP contribution in [0.4, 0.5) is 10.7 Å². The van der Waals surface area contributed by atoms with Crippen LogP contribution in [0.15, 0.2) is 4.79 Å². The Labute approximate surface area is 162 Å². The summed E-state index contributed by atoms with van der Waals surface area (Å²) in [7, 11) is 0. The SMILES string of the molecule is CCOC(=O)N1CCN(c2nc3sc4c(c3c(=O)n2CC)CCCC4)CC1. The van der Waals surface area contributed by atoms with Gasteiger partial charge in [-0.3, -0.25) is 9.36 Å². The molecule has 0 spiro atoms. The number of carbonyl (C=O) groups excluding carboxylic acids is 1. The van der Waals surface area contributed by atoms with Crippen molar-refractivity contribution in [3.05, 3.63) is 20.8 Å². The van der Waals surface area contributed by atoms with E-state index in [2.05, 4.69) is 4.90 Å². The number of rotatable bonds is 3. The maximum absolute atomic E-state index is 13.2. The van der Waals surface area contributed by atoms with Crippen molar-refractivity contribution >= 4 is 33.6 Å². The van der Waals surface area contributed by atoms with Gasteiger partial charge in [-0.2, -0.15) is 0 Å². The smallest absolute Gasteiger partial charge is 0.409 e. The first-order chi connectivity index (χ1) is 13.1. The number of thiophene rings is 1. The molecule has 0 bridgehead atoms. The third kappa shape index (κ3) is 3.20. The van der Waals surface area contributed by atoms with E-state index in [9.17, 15) is 9.59 Å². The molecule has 0 atom stereocenters. The van der Waals surface area contributed by atoms with Crippen molar-refractivity contribution in [3.63, 3.8) is 0 Å². The van der Waals surface area contributed by atoms with Gasteiger partial charge in [-0.1, -0.05) is 0 Å². The van der Waals surface area contributed by atoms with Crippen LogP contribution in [0, 0.1) is 0 Å². The third-order valence-corrected chi connectivity index (χ3v) is 6.65. The Kier molecular flexibility index (Phi) is 5.08. The minimum absolute atomic E-state index is 0.0877. The Hall–Kier alpha value is -2.09. The van der Waals surface area contributed by atoms with Gasteiger partial charge in [-0.05, 0) is 45.1 Å². The van der Waals surface area contributed by atoms with Crippen LogP contribution in [-0.4, -0.2) is 53.3 Å². The molecule has 0 saturated carbocycles. The van der Waals surface area contributed by atoms with Gasteiger partial charge in [0.05, 0.1) is 12.0 Å². The standard InChI is InChI=1S/C19H26N4O3S/c1-3-23-17(24)15-13-7-5-6-8-14(13)27-16(15)20-18(23)21-9-11-22(12-10-21)19(25)26-4-2/h3-12H2,1-2H3. The van der Waals surface area contributed by atoms with Crippen LogP contribution in [0.1, 0.15) is 37.1 Å². The van der Waals surface area contributed by atoms with E-state index in [1.54, 1.807) is 20.8 Å². The van der Waals surface area contributed by atoms with Gasteiger partial charge < -0.3 is 14.5 Å². The van der Waals surface area contributed by atoms with Crippen molar-refractivity contribution in [2.24, 2.45) is 0 Å². The summed E-state index contributed by atoms with van der Waals surface area (Å²) in [5, 5.41) is 0.838. The topological polar surface area (TPSA) is 67.7 Å². The second-order valence-electron chi connectivity index (χ2n) is 7.03. The second kappa shape index (κ2) is 7.50. The highest BCUT2D eigenvalue weighted by Gasteiger charge is 2.27. The molecule has 1 aliphatic carbocycles. The Morgan fingerprint density at radius 2 is 1.89 bits per heavy atom. The number of ether oxygens (including phenoxy) is 1. The van der Waals surface area contributed by atoms with Crippen LogP contribution in [0.3, 0.4) is 0 Å². The lowest BCUT2D eigenvalue weighted by molar-refractivity contribution is 0.105. The molecule has 0 aromatic carbocycles. The predicted octanol–water partition coefficient (Wildman–Crippen LogP) is 2.64. The molecule has 0 N–H and O–H groups in total. The molecular weight excluding hydrogens is 364 g/mol. The first kappa shape index (κ1) is 18.3. The van der Waals surface area contributed by atoms with Gasteiger partial charge in [0.1, 0.15) is 4.83 Å². The van der Waals surface area contributed by atoms with E-state index in [1.165, 1.54) is 16.9 Å². The van der Waals surface area contributed by atoms with Gasteiger partial charge in [-0.15, -0.1) is 11.3 Å². The minimum atomic E-state index is -0.264. The first-order valence-corrected chi connectivity index (χ1v) is 10.7. The van der Waals surface area contributed by atoms with E-state index < -0.39 is 0 Å². The highest BCUT2D eigenvalue weighted by atomic mass is 32.1. The molecule has 2 aromatic rings. The molecular formula is C19H26N4O3S. The van der Waals surface area contributed by atoms with Crippen LogP contribution in [0.5, 0.6) is 0 Å². The summed E-state index contributed by atoms with van der Waals surface area (Å²) in [4.78, 5) is 36.1. The fourth-order valence-electron chi connectivity index (χ4n) is 4.06. The zero-order chi connectivity index (χ0) is 19.0. The molecule has 1 aliphatic heterocycles. The summed E-state index contributed by atoms with van der Waals surface area (Å²) in [5.74, 6) is 0.733. The number of anilines is 1. The number of nitrogens with zero attached hydrogens (tertiary/aromatic N) is 4. The maximum Gasteiger partial charge on any atom is 0.409 e.